The van der Waals surface area contributed by atoms with E-state index in [2.05, 4.69) is 11.4 Å². The summed E-state index contributed by atoms with van der Waals surface area (Å²) < 4.78 is 5.73. The van der Waals surface area contributed by atoms with Crippen LogP contribution in [0.3, 0.4) is 0 Å². The molecule has 0 aromatic heterocycles. The molecule has 0 heterocycles. The number of halogens is 1. The predicted molar refractivity (Wildman–Crippen MR) is 70.7 cm³/mol. The minimum absolute atomic E-state index is 0.675. The van der Waals surface area contributed by atoms with Gasteiger partial charge in [-0.2, -0.15) is 0 Å². The van der Waals surface area contributed by atoms with Gasteiger partial charge in [-0.1, -0.05) is 29.8 Å². The molecule has 0 atom stereocenters. The molecule has 0 amide bonds. The third-order valence-electron chi connectivity index (χ3n) is 2.31. The third kappa shape index (κ3) is 3.48. The van der Waals surface area contributed by atoms with Crippen LogP contribution < -0.4 is 10.1 Å². The minimum Gasteiger partial charge on any atom is -0.457 e. The topological polar surface area (TPSA) is 21.3 Å². The molecule has 0 aliphatic carbocycles. The van der Waals surface area contributed by atoms with Crippen molar-refractivity contribution in [1.82, 2.24) is 5.32 Å². The lowest BCUT2D eigenvalue weighted by molar-refractivity contribution is 0.482. The van der Waals surface area contributed by atoms with Crippen molar-refractivity contribution >= 4 is 11.6 Å². The zero-order chi connectivity index (χ0) is 12.1. The quantitative estimate of drug-likeness (QED) is 0.886. The molecule has 0 saturated heterocycles. The van der Waals surface area contributed by atoms with E-state index >= 15 is 0 Å². The van der Waals surface area contributed by atoms with Gasteiger partial charge < -0.3 is 10.1 Å². The van der Waals surface area contributed by atoms with Crippen molar-refractivity contribution in [2.45, 2.75) is 6.54 Å². The van der Waals surface area contributed by atoms with Gasteiger partial charge in [-0.3, -0.25) is 0 Å². The Morgan fingerprint density at radius 3 is 2.47 bits per heavy atom. The Hall–Kier alpha value is -1.51. The Kier molecular flexibility index (Phi) is 4.02. The number of hydrogen-bond acceptors (Lipinski definition) is 2. The van der Waals surface area contributed by atoms with Gasteiger partial charge in [0.2, 0.25) is 0 Å². The van der Waals surface area contributed by atoms with Crippen LogP contribution in [0.4, 0.5) is 0 Å². The zero-order valence-corrected chi connectivity index (χ0v) is 10.4. The lowest BCUT2D eigenvalue weighted by atomic mass is 10.2. The van der Waals surface area contributed by atoms with Gasteiger partial charge in [-0.15, -0.1) is 0 Å². The Labute approximate surface area is 106 Å². The smallest absolute Gasteiger partial charge is 0.128 e. The first kappa shape index (κ1) is 12.0. The second-order valence-electron chi connectivity index (χ2n) is 3.74. The molecule has 0 saturated carbocycles. The largest absolute Gasteiger partial charge is 0.457 e. The van der Waals surface area contributed by atoms with Crippen LogP contribution in [0.5, 0.6) is 11.5 Å². The molecule has 1 N–H and O–H groups in total. The van der Waals surface area contributed by atoms with Crippen molar-refractivity contribution in [1.29, 1.82) is 0 Å². The molecular formula is C14H14ClNO. The summed E-state index contributed by atoms with van der Waals surface area (Å²) in [5.74, 6) is 1.57. The second kappa shape index (κ2) is 5.71. The van der Waals surface area contributed by atoms with Crippen LogP contribution in [0.15, 0.2) is 48.5 Å². The van der Waals surface area contributed by atoms with E-state index in [1.165, 1.54) is 5.56 Å². The van der Waals surface area contributed by atoms with E-state index in [0.717, 1.165) is 18.0 Å². The highest BCUT2D eigenvalue weighted by atomic mass is 35.5. The van der Waals surface area contributed by atoms with Crippen molar-refractivity contribution in [3.8, 4) is 11.5 Å². The first-order chi connectivity index (χ1) is 8.28. The molecule has 2 aromatic carbocycles. The van der Waals surface area contributed by atoms with Crippen LogP contribution in [0.2, 0.25) is 5.02 Å². The van der Waals surface area contributed by atoms with Gasteiger partial charge in [0.25, 0.3) is 0 Å². The summed E-state index contributed by atoms with van der Waals surface area (Å²) in [6.07, 6.45) is 0. The molecule has 2 aromatic rings. The highest BCUT2D eigenvalue weighted by Gasteiger charge is 1.99. The van der Waals surface area contributed by atoms with Gasteiger partial charge in [0.05, 0.1) is 0 Å². The standard InChI is InChI=1S/C14H14ClNO/c1-16-10-11-4-2-6-13(8-11)17-14-7-3-5-12(15)9-14/h2-9,16H,10H2,1H3. The third-order valence-corrected chi connectivity index (χ3v) is 2.55. The summed E-state index contributed by atoms with van der Waals surface area (Å²) in [6.45, 7) is 0.826. The molecule has 0 aliphatic heterocycles. The van der Waals surface area contributed by atoms with Crippen molar-refractivity contribution in [2.75, 3.05) is 7.05 Å². The lowest BCUT2D eigenvalue weighted by Gasteiger charge is -2.07. The van der Waals surface area contributed by atoms with Gasteiger partial charge in [0, 0.05) is 11.6 Å². The van der Waals surface area contributed by atoms with Gasteiger partial charge in [0.15, 0.2) is 0 Å². The molecule has 2 nitrogen and oxygen atoms in total. The van der Waals surface area contributed by atoms with Gasteiger partial charge in [-0.25, -0.2) is 0 Å². The maximum Gasteiger partial charge on any atom is 0.128 e. The highest BCUT2D eigenvalue weighted by Crippen LogP contribution is 2.24. The van der Waals surface area contributed by atoms with Crippen LogP contribution in [0.1, 0.15) is 5.56 Å². The fourth-order valence-corrected chi connectivity index (χ4v) is 1.77. The Morgan fingerprint density at radius 2 is 1.76 bits per heavy atom. The molecule has 3 heteroatoms. The van der Waals surface area contributed by atoms with Crippen molar-refractivity contribution in [3.63, 3.8) is 0 Å². The molecule has 0 radical (unpaired) electrons. The first-order valence-electron chi connectivity index (χ1n) is 5.45. The van der Waals surface area contributed by atoms with E-state index in [1.807, 2.05) is 43.4 Å². The normalized spacial score (nSPS) is 10.2. The van der Waals surface area contributed by atoms with E-state index in [4.69, 9.17) is 16.3 Å². The van der Waals surface area contributed by atoms with Crippen LogP contribution >= 0.6 is 11.6 Å². The number of ether oxygens (including phenoxy) is 1. The average molecular weight is 248 g/mol. The number of benzene rings is 2. The van der Waals surface area contributed by atoms with Crippen LogP contribution in [0.25, 0.3) is 0 Å². The number of hydrogen-bond donors (Lipinski definition) is 1. The SMILES string of the molecule is CNCc1cccc(Oc2cccc(Cl)c2)c1. The molecule has 17 heavy (non-hydrogen) atoms. The maximum atomic E-state index is 5.90. The molecule has 0 spiro atoms. The summed E-state index contributed by atoms with van der Waals surface area (Å²) in [7, 11) is 1.92. The van der Waals surface area contributed by atoms with Crippen molar-refractivity contribution in [2.24, 2.45) is 0 Å². The lowest BCUT2D eigenvalue weighted by Crippen LogP contribution is -2.04. The Morgan fingerprint density at radius 1 is 1.06 bits per heavy atom. The molecule has 0 fully saturated rings. The van der Waals surface area contributed by atoms with Gasteiger partial charge in [0.1, 0.15) is 11.5 Å². The van der Waals surface area contributed by atoms with E-state index < -0.39 is 0 Å². The summed E-state index contributed by atoms with van der Waals surface area (Å²) in [6, 6.07) is 15.4. The van der Waals surface area contributed by atoms with E-state index in [0.29, 0.717) is 5.02 Å². The minimum atomic E-state index is 0.675. The molecular weight excluding hydrogens is 234 g/mol. The van der Waals surface area contributed by atoms with Crippen molar-refractivity contribution in [3.05, 3.63) is 59.1 Å². The summed E-state index contributed by atoms with van der Waals surface area (Å²) >= 11 is 5.90. The first-order valence-corrected chi connectivity index (χ1v) is 5.83. The zero-order valence-electron chi connectivity index (χ0n) is 9.61. The molecule has 2 rings (SSSR count). The Balaban J connectivity index is 2.15. The van der Waals surface area contributed by atoms with E-state index in [-0.39, 0.29) is 0 Å². The summed E-state index contributed by atoms with van der Waals surface area (Å²) in [4.78, 5) is 0. The fraction of sp³-hybridized carbons (Fsp3) is 0.143. The van der Waals surface area contributed by atoms with Crippen LogP contribution in [0, 0.1) is 0 Å². The van der Waals surface area contributed by atoms with E-state index in [9.17, 15) is 0 Å². The fourth-order valence-electron chi connectivity index (χ4n) is 1.59. The van der Waals surface area contributed by atoms with Crippen LogP contribution in [-0.4, -0.2) is 7.05 Å². The number of rotatable bonds is 4. The van der Waals surface area contributed by atoms with Gasteiger partial charge >= 0.3 is 0 Å². The summed E-state index contributed by atoms with van der Waals surface area (Å²) in [5.41, 5.74) is 1.19. The van der Waals surface area contributed by atoms with Gasteiger partial charge in [-0.05, 0) is 42.9 Å². The highest BCUT2D eigenvalue weighted by molar-refractivity contribution is 6.30. The van der Waals surface area contributed by atoms with E-state index in [1.54, 1.807) is 6.07 Å². The predicted octanol–water partition coefficient (Wildman–Crippen LogP) is 3.85. The Bertz CT molecular complexity index is 499. The summed E-state index contributed by atoms with van der Waals surface area (Å²) in [5, 5.41) is 3.78. The molecule has 0 unspecified atom stereocenters. The van der Waals surface area contributed by atoms with Crippen LogP contribution in [-0.2, 0) is 6.54 Å². The maximum absolute atomic E-state index is 5.90. The average Bonchev–Trinajstić information content (AvgIpc) is 2.30. The number of nitrogens with one attached hydrogen (secondary N) is 1. The monoisotopic (exact) mass is 247 g/mol. The van der Waals surface area contributed by atoms with Crippen molar-refractivity contribution < 1.29 is 4.74 Å². The molecule has 88 valence electrons. The molecule has 0 bridgehead atoms. The second-order valence-corrected chi connectivity index (χ2v) is 4.17. The molecule has 0 aliphatic rings.